The number of rotatable bonds is 4. The lowest BCUT2D eigenvalue weighted by atomic mass is 9.82. The zero-order valence-corrected chi connectivity index (χ0v) is 12.0. The van der Waals surface area contributed by atoms with Gasteiger partial charge in [-0.25, -0.2) is 0 Å². The summed E-state index contributed by atoms with van der Waals surface area (Å²) in [4.78, 5) is 0. The lowest BCUT2D eigenvalue weighted by Crippen LogP contribution is -2.16. The molecule has 0 spiro atoms. The van der Waals surface area contributed by atoms with Gasteiger partial charge in [-0.3, -0.25) is 0 Å². The Labute approximate surface area is 106 Å². The number of aryl methyl sites for hydroxylation is 1. The molecule has 0 aromatic heterocycles. The second-order valence-corrected chi connectivity index (χ2v) is 6.04. The van der Waals surface area contributed by atoms with E-state index in [9.17, 15) is 0 Å². The average Bonchev–Trinajstić information content (AvgIpc) is 2.25. The lowest BCUT2D eigenvalue weighted by Gasteiger charge is -2.24. The van der Waals surface area contributed by atoms with Crippen LogP contribution in [0.3, 0.4) is 0 Å². The highest BCUT2D eigenvalue weighted by atomic mass is 14.5. The van der Waals surface area contributed by atoms with Crippen molar-refractivity contribution in [2.24, 2.45) is 5.73 Å². The predicted molar refractivity (Wildman–Crippen MR) is 76.6 cm³/mol. The van der Waals surface area contributed by atoms with Gasteiger partial charge in [0.25, 0.3) is 0 Å². The smallest absolute Gasteiger partial charge is 0.000814 e. The Morgan fingerprint density at radius 2 is 1.88 bits per heavy atom. The summed E-state index contributed by atoms with van der Waals surface area (Å²) in [6.07, 6.45) is 2.38. The van der Waals surface area contributed by atoms with Gasteiger partial charge in [0.1, 0.15) is 0 Å². The first-order valence-corrected chi connectivity index (χ1v) is 6.71. The van der Waals surface area contributed by atoms with Gasteiger partial charge in [0.2, 0.25) is 0 Å². The highest BCUT2D eigenvalue weighted by Crippen LogP contribution is 2.29. The van der Waals surface area contributed by atoms with Crippen LogP contribution in [0.2, 0.25) is 0 Å². The van der Waals surface area contributed by atoms with E-state index in [1.54, 1.807) is 0 Å². The highest BCUT2D eigenvalue weighted by molar-refractivity contribution is 5.37. The third-order valence-corrected chi connectivity index (χ3v) is 3.51. The van der Waals surface area contributed by atoms with Crippen LogP contribution in [0.5, 0.6) is 0 Å². The van der Waals surface area contributed by atoms with E-state index in [2.05, 4.69) is 52.8 Å². The Kier molecular flexibility index (Phi) is 4.76. The van der Waals surface area contributed by atoms with Gasteiger partial charge in [-0.15, -0.1) is 0 Å². The minimum absolute atomic E-state index is 0.216. The summed E-state index contributed by atoms with van der Waals surface area (Å²) in [6, 6.07) is 6.86. The molecule has 0 heterocycles. The zero-order valence-electron chi connectivity index (χ0n) is 12.0. The molecule has 17 heavy (non-hydrogen) atoms. The van der Waals surface area contributed by atoms with E-state index >= 15 is 0 Å². The Bertz CT molecular complexity index is 360. The highest BCUT2D eigenvalue weighted by Gasteiger charge is 2.17. The van der Waals surface area contributed by atoms with Crippen LogP contribution in [-0.4, -0.2) is 6.54 Å². The second kappa shape index (κ2) is 5.68. The van der Waals surface area contributed by atoms with E-state index in [4.69, 9.17) is 5.73 Å². The number of benzene rings is 1. The number of hydrogen-bond donors (Lipinski definition) is 1. The first-order chi connectivity index (χ1) is 7.90. The minimum atomic E-state index is 0.216. The maximum absolute atomic E-state index is 5.92. The monoisotopic (exact) mass is 233 g/mol. The Morgan fingerprint density at radius 3 is 2.35 bits per heavy atom. The minimum Gasteiger partial charge on any atom is -0.330 e. The van der Waals surface area contributed by atoms with Crippen molar-refractivity contribution in [3.05, 3.63) is 34.9 Å². The molecule has 0 aliphatic heterocycles. The van der Waals surface area contributed by atoms with Crippen molar-refractivity contribution >= 4 is 0 Å². The molecule has 1 aromatic carbocycles. The van der Waals surface area contributed by atoms with Gasteiger partial charge in [-0.2, -0.15) is 0 Å². The van der Waals surface area contributed by atoms with Gasteiger partial charge < -0.3 is 5.73 Å². The maximum Gasteiger partial charge on any atom is -0.000814 e. The third kappa shape index (κ3) is 3.57. The van der Waals surface area contributed by atoms with Crippen molar-refractivity contribution in [1.29, 1.82) is 0 Å². The summed E-state index contributed by atoms with van der Waals surface area (Å²) in [5.74, 6) is 0.516. The summed E-state index contributed by atoms with van der Waals surface area (Å²) in [7, 11) is 0. The molecule has 0 fully saturated rings. The molecule has 0 saturated heterocycles. The number of hydrogen-bond acceptors (Lipinski definition) is 1. The fourth-order valence-electron chi connectivity index (χ4n) is 2.30. The topological polar surface area (TPSA) is 26.0 Å². The van der Waals surface area contributed by atoms with Crippen LogP contribution in [0.25, 0.3) is 0 Å². The van der Waals surface area contributed by atoms with Gasteiger partial charge in [0.05, 0.1) is 0 Å². The first kappa shape index (κ1) is 14.2. The molecular formula is C16H27N. The third-order valence-electron chi connectivity index (χ3n) is 3.51. The number of nitrogens with two attached hydrogens (primary N) is 1. The summed E-state index contributed by atoms with van der Waals surface area (Å²) >= 11 is 0. The zero-order chi connectivity index (χ0) is 13.1. The van der Waals surface area contributed by atoms with Crippen LogP contribution in [0, 0.1) is 6.92 Å². The average molecular weight is 233 g/mol. The molecule has 0 aliphatic rings. The molecule has 0 bridgehead atoms. The van der Waals surface area contributed by atoms with Gasteiger partial charge in [-0.05, 0) is 47.9 Å². The molecule has 1 aromatic rings. The van der Waals surface area contributed by atoms with Crippen molar-refractivity contribution in [2.45, 2.75) is 58.8 Å². The van der Waals surface area contributed by atoms with E-state index in [0.29, 0.717) is 5.92 Å². The summed E-state index contributed by atoms with van der Waals surface area (Å²) in [6.45, 7) is 12.0. The van der Waals surface area contributed by atoms with Crippen molar-refractivity contribution in [3.8, 4) is 0 Å². The van der Waals surface area contributed by atoms with Crippen LogP contribution in [-0.2, 0) is 5.41 Å². The Balaban J connectivity index is 3.13. The second-order valence-electron chi connectivity index (χ2n) is 6.04. The van der Waals surface area contributed by atoms with Crippen molar-refractivity contribution < 1.29 is 0 Å². The predicted octanol–water partition coefficient (Wildman–Crippen LogP) is 4.13. The summed E-state index contributed by atoms with van der Waals surface area (Å²) < 4.78 is 0. The summed E-state index contributed by atoms with van der Waals surface area (Å²) in [5.41, 5.74) is 10.4. The van der Waals surface area contributed by atoms with E-state index in [-0.39, 0.29) is 5.41 Å². The van der Waals surface area contributed by atoms with Gasteiger partial charge in [0.15, 0.2) is 0 Å². The van der Waals surface area contributed by atoms with E-state index in [1.807, 2.05) is 0 Å². The summed E-state index contributed by atoms with van der Waals surface area (Å²) in [5, 5.41) is 0. The lowest BCUT2D eigenvalue weighted by molar-refractivity contribution is 0.581. The van der Waals surface area contributed by atoms with Crippen LogP contribution in [0.15, 0.2) is 18.2 Å². The van der Waals surface area contributed by atoms with Crippen molar-refractivity contribution in [1.82, 2.24) is 0 Å². The molecule has 1 atom stereocenters. The van der Waals surface area contributed by atoms with E-state index in [0.717, 1.165) is 6.54 Å². The van der Waals surface area contributed by atoms with Crippen LogP contribution in [0.4, 0.5) is 0 Å². The molecule has 1 rings (SSSR count). The van der Waals surface area contributed by atoms with Crippen molar-refractivity contribution in [2.75, 3.05) is 6.54 Å². The quantitative estimate of drug-likeness (QED) is 0.831. The molecular weight excluding hydrogens is 206 g/mol. The van der Waals surface area contributed by atoms with E-state index < -0.39 is 0 Å². The Morgan fingerprint density at radius 1 is 1.24 bits per heavy atom. The molecule has 0 radical (unpaired) electrons. The van der Waals surface area contributed by atoms with Gasteiger partial charge >= 0.3 is 0 Å². The van der Waals surface area contributed by atoms with E-state index in [1.165, 1.54) is 29.5 Å². The normalized spacial score (nSPS) is 13.8. The molecule has 96 valence electrons. The molecule has 1 heteroatoms. The Hall–Kier alpha value is -0.820. The van der Waals surface area contributed by atoms with Gasteiger partial charge in [0, 0.05) is 0 Å². The van der Waals surface area contributed by atoms with Crippen molar-refractivity contribution in [3.63, 3.8) is 0 Å². The van der Waals surface area contributed by atoms with Crippen LogP contribution < -0.4 is 5.73 Å². The largest absolute Gasteiger partial charge is 0.330 e. The molecule has 0 aliphatic carbocycles. The molecule has 2 N–H and O–H groups in total. The standard InChI is InChI=1S/C16H27N/c1-6-7-13(11-17)15-10-14(16(3,4)5)9-8-12(15)2/h8-10,13H,6-7,11,17H2,1-5H3. The molecule has 0 saturated carbocycles. The fourth-order valence-corrected chi connectivity index (χ4v) is 2.30. The molecule has 1 unspecified atom stereocenters. The maximum atomic E-state index is 5.92. The van der Waals surface area contributed by atoms with Gasteiger partial charge in [-0.1, -0.05) is 52.3 Å². The SMILES string of the molecule is CCCC(CN)c1cc(C(C)(C)C)ccc1C. The van der Waals surface area contributed by atoms with Crippen LogP contribution in [0.1, 0.15) is 63.1 Å². The molecule has 1 nitrogen and oxygen atoms in total. The fraction of sp³-hybridized carbons (Fsp3) is 0.625. The van der Waals surface area contributed by atoms with Crippen LogP contribution >= 0.6 is 0 Å². The molecule has 0 amide bonds. The first-order valence-electron chi connectivity index (χ1n) is 6.71.